The molecular formula is C11H16N4. The van der Waals surface area contributed by atoms with Crippen molar-refractivity contribution < 1.29 is 0 Å². The third-order valence-electron chi connectivity index (χ3n) is 1.76. The molecule has 0 bridgehead atoms. The predicted octanol–water partition coefficient (Wildman–Crippen LogP) is 1.14. The first kappa shape index (κ1) is 11.3. The molecule has 4 nitrogen and oxygen atoms in total. The second-order valence-corrected chi connectivity index (χ2v) is 3.15. The highest BCUT2D eigenvalue weighted by atomic mass is 15.0. The van der Waals surface area contributed by atoms with E-state index in [9.17, 15) is 0 Å². The molecule has 0 atom stereocenters. The molecular weight excluding hydrogens is 188 g/mol. The van der Waals surface area contributed by atoms with Crippen LogP contribution in [0.25, 0.3) is 0 Å². The van der Waals surface area contributed by atoms with Crippen molar-refractivity contribution in [1.82, 2.24) is 5.32 Å². The number of para-hydroxylation sites is 1. The predicted molar refractivity (Wildman–Crippen MR) is 64.0 cm³/mol. The van der Waals surface area contributed by atoms with Gasteiger partial charge in [-0.25, -0.2) is 0 Å². The average molecular weight is 204 g/mol. The standard InChI is InChI=1S/C11H16N4/c1-14-8-9(12)7-11(13)15-10-5-3-2-4-6-10/h2-7,12,14-15H,8,13H2,1H3/b11-7-,12-9?. The molecule has 0 heterocycles. The maximum absolute atomic E-state index is 7.53. The molecule has 0 aromatic heterocycles. The summed E-state index contributed by atoms with van der Waals surface area (Å²) in [7, 11) is 1.79. The minimum Gasteiger partial charge on any atom is -0.385 e. The van der Waals surface area contributed by atoms with Gasteiger partial charge in [-0.2, -0.15) is 0 Å². The summed E-state index contributed by atoms with van der Waals surface area (Å²) in [6, 6.07) is 9.63. The van der Waals surface area contributed by atoms with E-state index >= 15 is 0 Å². The lowest BCUT2D eigenvalue weighted by molar-refractivity contribution is 0.943. The number of nitrogens with two attached hydrogens (primary N) is 1. The fourth-order valence-corrected chi connectivity index (χ4v) is 1.15. The third-order valence-corrected chi connectivity index (χ3v) is 1.76. The number of hydrogen-bond acceptors (Lipinski definition) is 4. The van der Waals surface area contributed by atoms with Crippen molar-refractivity contribution in [2.45, 2.75) is 0 Å². The van der Waals surface area contributed by atoms with Crippen LogP contribution in [0.5, 0.6) is 0 Å². The van der Waals surface area contributed by atoms with Gasteiger partial charge < -0.3 is 21.8 Å². The van der Waals surface area contributed by atoms with Gasteiger partial charge in [0.2, 0.25) is 0 Å². The SMILES string of the molecule is CNCC(=N)/C=C(/N)Nc1ccccc1. The Bertz CT molecular complexity index is 343. The van der Waals surface area contributed by atoms with Crippen molar-refractivity contribution >= 4 is 11.4 Å². The van der Waals surface area contributed by atoms with Crippen LogP contribution < -0.4 is 16.4 Å². The van der Waals surface area contributed by atoms with Gasteiger partial charge in [-0.1, -0.05) is 18.2 Å². The summed E-state index contributed by atoms with van der Waals surface area (Å²) >= 11 is 0. The molecule has 0 amide bonds. The summed E-state index contributed by atoms with van der Waals surface area (Å²) in [4.78, 5) is 0. The normalized spacial score (nSPS) is 11.1. The van der Waals surface area contributed by atoms with Crippen molar-refractivity contribution in [3.8, 4) is 0 Å². The number of rotatable bonds is 5. The van der Waals surface area contributed by atoms with Crippen LogP contribution >= 0.6 is 0 Å². The highest BCUT2D eigenvalue weighted by Gasteiger charge is 1.94. The summed E-state index contributed by atoms with van der Waals surface area (Å²) in [5.74, 6) is 0.474. The van der Waals surface area contributed by atoms with E-state index in [0.29, 0.717) is 18.1 Å². The summed E-state index contributed by atoms with van der Waals surface area (Å²) < 4.78 is 0. The Morgan fingerprint density at radius 3 is 2.67 bits per heavy atom. The Morgan fingerprint density at radius 2 is 2.07 bits per heavy atom. The summed E-state index contributed by atoms with van der Waals surface area (Å²) in [5, 5.41) is 13.4. The van der Waals surface area contributed by atoms with Crippen molar-refractivity contribution in [3.05, 3.63) is 42.2 Å². The third kappa shape index (κ3) is 4.28. The van der Waals surface area contributed by atoms with Crippen molar-refractivity contribution in [3.63, 3.8) is 0 Å². The molecule has 0 unspecified atom stereocenters. The Hall–Kier alpha value is -1.81. The topological polar surface area (TPSA) is 73.9 Å². The first-order chi connectivity index (χ1) is 7.22. The smallest absolute Gasteiger partial charge is 0.102 e. The van der Waals surface area contributed by atoms with Gasteiger partial charge in [-0.05, 0) is 19.2 Å². The van der Waals surface area contributed by atoms with Gasteiger partial charge in [0, 0.05) is 24.0 Å². The summed E-state index contributed by atoms with van der Waals surface area (Å²) in [6.07, 6.45) is 1.60. The molecule has 80 valence electrons. The Kier molecular flexibility index (Phi) is 4.37. The van der Waals surface area contributed by atoms with Gasteiger partial charge in [0.15, 0.2) is 0 Å². The van der Waals surface area contributed by atoms with Gasteiger partial charge >= 0.3 is 0 Å². The highest BCUT2D eigenvalue weighted by molar-refractivity contribution is 5.94. The minimum atomic E-state index is 0.443. The van der Waals surface area contributed by atoms with Crippen LogP contribution in [-0.2, 0) is 0 Å². The molecule has 0 saturated carbocycles. The zero-order valence-electron chi connectivity index (χ0n) is 8.75. The quantitative estimate of drug-likeness (QED) is 0.543. The summed E-state index contributed by atoms with van der Waals surface area (Å²) in [5.41, 5.74) is 7.08. The van der Waals surface area contributed by atoms with E-state index in [1.807, 2.05) is 30.3 Å². The van der Waals surface area contributed by atoms with E-state index in [2.05, 4.69) is 10.6 Å². The Morgan fingerprint density at radius 1 is 1.40 bits per heavy atom. The summed E-state index contributed by atoms with van der Waals surface area (Å²) in [6.45, 7) is 0.511. The first-order valence-corrected chi connectivity index (χ1v) is 4.73. The number of anilines is 1. The number of nitrogens with one attached hydrogen (secondary N) is 3. The maximum atomic E-state index is 7.53. The molecule has 5 N–H and O–H groups in total. The molecule has 0 aliphatic heterocycles. The van der Waals surface area contributed by atoms with Crippen molar-refractivity contribution in [1.29, 1.82) is 5.41 Å². The van der Waals surface area contributed by atoms with Gasteiger partial charge in [0.1, 0.15) is 5.82 Å². The molecule has 4 heteroatoms. The lowest BCUT2D eigenvalue weighted by atomic mass is 10.3. The van der Waals surface area contributed by atoms with Gasteiger partial charge in [0.25, 0.3) is 0 Å². The minimum absolute atomic E-state index is 0.443. The van der Waals surface area contributed by atoms with Crippen LogP contribution in [0.15, 0.2) is 42.2 Å². The molecule has 0 saturated heterocycles. The second kappa shape index (κ2) is 5.82. The van der Waals surface area contributed by atoms with Crippen LogP contribution in [0.1, 0.15) is 0 Å². The van der Waals surface area contributed by atoms with E-state index in [1.165, 1.54) is 0 Å². The van der Waals surface area contributed by atoms with Crippen LogP contribution in [0.4, 0.5) is 5.69 Å². The van der Waals surface area contributed by atoms with Gasteiger partial charge in [0.05, 0.1) is 0 Å². The molecule has 0 aliphatic carbocycles. The Balaban J connectivity index is 2.55. The molecule has 0 radical (unpaired) electrons. The second-order valence-electron chi connectivity index (χ2n) is 3.15. The number of hydrogen-bond donors (Lipinski definition) is 4. The van der Waals surface area contributed by atoms with Gasteiger partial charge in [-0.3, -0.25) is 0 Å². The molecule has 1 aromatic carbocycles. The van der Waals surface area contributed by atoms with Crippen molar-refractivity contribution in [2.75, 3.05) is 18.9 Å². The molecule has 15 heavy (non-hydrogen) atoms. The average Bonchev–Trinajstić information content (AvgIpc) is 2.19. The lowest BCUT2D eigenvalue weighted by Gasteiger charge is -2.06. The van der Waals surface area contributed by atoms with E-state index in [0.717, 1.165) is 5.69 Å². The molecule has 1 rings (SSSR count). The molecule has 0 fully saturated rings. The van der Waals surface area contributed by atoms with E-state index in [4.69, 9.17) is 11.1 Å². The van der Waals surface area contributed by atoms with Gasteiger partial charge in [-0.15, -0.1) is 0 Å². The van der Waals surface area contributed by atoms with Crippen molar-refractivity contribution in [2.24, 2.45) is 5.73 Å². The molecule has 0 aliphatic rings. The zero-order chi connectivity index (χ0) is 11.1. The largest absolute Gasteiger partial charge is 0.385 e. The van der Waals surface area contributed by atoms with Crippen LogP contribution in [-0.4, -0.2) is 19.3 Å². The van der Waals surface area contributed by atoms with Crippen LogP contribution in [0, 0.1) is 5.41 Å². The van der Waals surface area contributed by atoms with E-state index < -0.39 is 0 Å². The van der Waals surface area contributed by atoms with Crippen LogP contribution in [0.3, 0.4) is 0 Å². The molecule has 0 spiro atoms. The van der Waals surface area contributed by atoms with E-state index in [-0.39, 0.29) is 0 Å². The molecule has 1 aromatic rings. The zero-order valence-corrected chi connectivity index (χ0v) is 8.75. The van der Waals surface area contributed by atoms with E-state index in [1.54, 1.807) is 13.1 Å². The number of benzene rings is 1. The van der Waals surface area contributed by atoms with Crippen LogP contribution in [0.2, 0.25) is 0 Å². The highest BCUT2D eigenvalue weighted by Crippen LogP contribution is 2.06. The first-order valence-electron chi connectivity index (χ1n) is 4.73. The fourth-order valence-electron chi connectivity index (χ4n) is 1.15. The Labute approximate surface area is 89.7 Å². The fraction of sp³-hybridized carbons (Fsp3) is 0.182. The lowest BCUT2D eigenvalue weighted by Crippen LogP contribution is -2.19. The monoisotopic (exact) mass is 204 g/mol. The maximum Gasteiger partial charge on any atom is 0.102 e.